The van der Waals surface area contributed by atoms with E-state index in [0.717, 1.165) is 22.3 Å². The Hall–Kier alpha value is -3.35. The van der Waals surface area contributed by atoms with E-state index >= 15 is 0 Å². The van der Waals surface area contributed by atoms with E-state index < -0.39 is 30.6 Å². The Labute approximate surface area is 188 Å². The second-order valence-electron chi connectivity index (χ2n) is 8.08. The Morgan fingerprint density at radius 3 is 2.09 bits per heavy atom. The molecular weight excluding hydrogens is 408 g/mol. The predicted octanol–water partition coefficient (Wildman–Crippen LogP) is 3.87. The van der Waals surface area contributed by atoms with Gasteiger partial charge in [0.1, 0.15) is 19.2 Å². The number of carbonyl (C=O) groups excluding carboxylic acids is 2. The second-order valence-corrected chi connectivity index (χ2v) is 8.08. The van der Waals surface area contributed by atoms with Gasteiger partial charge in [-0.3, -0.25) is 9.59 Å². The van der Waals surface area contributed by atoms with Gasteiger partial charge in [0.2, 0.25) is 5.91 Å². The zero-order chi connectivity index (χ0) is 23.3. The summed E-state index contributed by atoms with van der Waals surface area (Å²) in [6.45, 7) is 5.45. The van der Waals surface area contributed by atoms with Crippen LogP contribution in [0, 0.1) is 5.92 Å². The summed E-state index contributed by atoms with van der Waals surface area (Å²) >= 11 is 0. The molecule has 0 aliphatic heterocycles. The number of nitrogens with zero attached hydrogens (tertiary/aromatic N) is 1. The summed E-state index contributed by atoms with van der Waals surface area (Å²) in [5.41, 5.74) is 4.48. The molecular formula is C25H30N2O5. The lowest BCUT2D eigenvalue weighted by Crippen LogP contribution is -2.52. The van der Waals surface area contributed by atoms with Gasteiger partial charge in [-0.2, -0.15) is 0 Å². The van der Waals surface area contributed by atoms with E-state index in [9.17, 15) is 14.4 Å². The number of carboxylic acid groups (broad SMARTS) is 1. The lowest BCUT2D eigenvalue weighted by atomic mass is 9.97. The molecule has 0 saturated carbocycles. The molecule has 2 amide bonds. The van der Waals surface area contributed by atoms with Crippen molar-refractivity contribution < 1.29 is 24.2 Å². The van der Waals surface area contributed by atoms with Crippen LogP contribution in [-0.2, 0) is 14.3 Å². The smallest absolute Gasteiger partial charge is 0.407 e. The highest BCUT2D eigenvalue weighted by Crippen LogP contribution is 2.44. The third kappa shape index (κ3) is 4.93. The number of alkyl carbamates (subject to hydrolysis) is 1. The average Bonchev–Trinajstić information content (AvgIpc) is 3.12. The first-order chi connectivity index (χ1) is 15.4. The fourth-order valence-electron chi connectivity index (χ4n) is 4.16. The lowest BCUT2D eigenvalue weighted by Gasteiger charge is -2.29. The number of carboxylic acids is 1. The zero-order valence-electron chi connectivity index (χ0n) is 18.7. The standard InChI is InChI=1S/C25H30N2O5/c1-4-16(3)23(24(30)27(5-2)14-22(28)29)26-25(31)32-15-21-19-12-8-6-10-17(19)18-11-7-9-13-20(18)21/h6-13,16,21,23H,4-5,14-15H2,1-3H3,(H,26,31)(H,28,29). The molecule has 2 unspecified atom stereocenters. The molecule has 0 saturated heterocycles. The van der Waals surface area contributed by atoms with Gasteiger partial charge in [-0.1, -0.05) is 68.8 Å². The molecule has 0 radical (unpaired) electrons. The molecule has 2 N–H and O–H groups in total. The first-order valence-corrected chi connectivity index (χ1v) is 11.0. The minimum atomic E-state index is -1.09. The molecule has 0 fully saturated rings. The maximum absolute atomic E-state index is 12.9. The van der Waals surface area contributed by atoms with Crippen molar-refractivity contribution in [3.05, 3.63) is 59.7 Å². The third-order valence-corrected chi connectivity index (χ3v) is 6.12. The Morgan fingerprint density at radius 1 is 1.03 bits per heavy atom. The van der Waals surface area contributed by atoms with Crippen molar-refractivity contribution in [2.24, 2.45) is 5.92 Å². The molecule has 0 bridgehead atoms. The summed E-state index contributed by atoms with van der Waals surface area (Å²) in [6.07, 6.45) is -0.0399. The van der Waals surface area contributed by atoms with Crippen LogP contribution >= 0.6 is 0 Å². The Bertz CT molecular complexity index is 944. The van der Waals surface area contributed by atoms with E-state index in [0.29, 0.717) is 6.42 Å². The van der Waals surface area contributed by atoms with Gasteiger partial charge in [-0.15, -0.1) is 0 Å². The number of benzene rings is 2. The minimum Gasteiger partial charge on any atom is -0.480 e. The van der Waals surface area contributed by atoms with Gasteiger partial charge in [0, 0.05) is 12.5 Å². The molecule has 2 aromatic carbocycles. The molecule has 7 heteroatoms. The molecule has 1 aliphatic carbocycles. The van der Waals surface area contributed by atoms with Crippen molar-refractivity contribution in [1.82, 2.24) is 10.2 Å². The van der Waals surface area contributed by atoms with Gasteiger partial charge in [-0.25, -0.2) is 4.79 Å². The van der Waals surface area contributed by atoms with Crippen LogP contribution in [0.15, 0.2) is 48.5 Å². The van der Waals surface area contributed by atoms with Crippen LogP contribution in [0.1, 0.15) is 44.2 Å². The first-order valence-electron chi connectivity index (χ1n) is 11.0. The predicted molar refractivity (Wildman–Crippen MR) is 121 cm³/mol. The van der Waals surface area contributed by atoms with Gasteiger partial charge in [-0.05, 0) is 35.1 Å². The van der Waals surface area contributed by atoms with Crippen LogP contribution in [0.25, 0.3) is 11.1 Å². The van der Waals surface area contributed by atoms with Crippen LogP contribution in [0.5, 0.6) is 0 Å². The second kappa shape index (κ2) is 10.3. The monoisotopic (exact) mass is 438 g/mol. The fourth-order valence-corrected chi connectivity index (χ4v) is 4.16. The van der Waals surface area contributed by atoms with Gasteiger partial charge in [0.05, 0.1) is 0 Å². The summed E-state index contributed by atoms with van der Waals surface area (Å²) in [5, 5.41) is 11.8. The van der Waals surface area contributed by atoms with Crippen LogP contribution in [-0.4, -0.2) is 53.7 Å². The highest BCUT2D eigenvalue weighted by Gasteiger charge is 2.32. The molecule has 1 aliphatic rings. The van der Waals surface area contributed by atoms with E-state index in [1.165, 1.54) is 4.90 Å². The van der Waals surface area contributed by atoms with Gasteiger partial charge in [0.15, 0.2) is 0 Å². The molecule has 0 spiro atoms. The van der Waals surface area contributed by atoms with Gasteiger partial charge < -0.3 is 20.1 Å². The number of amides is 2. The largest absolute Gasteiger partial charge is 0.480 e. The highest BCUT2D eigenvalue weighted by atomic mass is 16.5. The van der Waals surface area contributed by atoms with Crippen LogP contribution in [0.4, 0.5) is 4.79 Å². The zero-order valence-corrected chi connectivity index (χ0v) is 18.7. The van der Waals surface area contributed by atoms with Crippen LogP contribution in [0.3, 0.4) is 0 Å². The normalized spacial score (nSPS) is 14.1. The minimum absolute atomic E-state index is 0.0787. The highest BCUT2D eigenvalue weighted by molar-refractivity contribution is 5.88. The third-order valence-electron chi connectivity index (χ3n) is 6.12. The maximum atomic E-state index is 12.9. The Balaban J connectivity index is 1.71. The molecule has 0 aromatic heterocycles. The number of ether oxygens (including phenoxy) is 1. The van der Waals surface area contributed by atoms with Crippen molar-refractivity contribution in [1.29, 1.82) is 0 Å². The summed E-state index contributed by atoms with van der Waals surface area (Å²) in [4.78, 5) is 37.9. The van der Waals surface area contributed by atoms with Gasteiger partial charge >= 0.3 is 12.1 Å². The topological polar surface area (TPSA) is 95.9 Å². The summed E-state index contributed by atoms with van der Waals surface area (Å²) in [6, 6.07) is 15.3. The molecule has 3 rings (SSSR count). The number of hydrogen-bond donors (Lipinski definition) is 2. The molecule has 0 heterocycles. The van der Waals surface area contributed by atoms with Crippen LogP contribution < -0.4 is 5.32 Å². The molecule has 32 heavy (non-hydrogen) atoms. The lowest BCUT2D eigenvalue weighted by molar-refractivity contribution is -0.145. The number of fused-ring (bicyclic) bond motifs is 3. The summed E-state index contributed by atoms with van der Waals surface area (Å²) < 4.78 is 5.57. The van der Waals surface area contributed by atoms with Crippen molar-refractivity contribution in [2.75, 3.05) is 19.7 Å². The molecule has 2 aromatic rings. The number of hydrogen-bond acceptors (Lipinski definition) is 4. The van der Waals surface area contributed by atoms with Crippen molar-refractivity contribution in [2.45, 2.75) is 39.2 Å². The number of likely N-dealkylation sites (N-methyl/N-ethyl adjacent to an activating group) is 1. The van der Waals surface area contributed by atoms with E-state index in [2.05, 4.69) is 17.4 Å². The van der Waals surface area contributed by atoms with Crippen molar-refractivity contribution in [3.8, 4) is 11.1 Å². The molecule has 7 nitrogen and oxygen atoms in total. The SMILES string of the molecule is CCC(C)C(NC(=O)OCC1c2ccccc2-c2ccccc21)C(=O)N(CC)CC(=O)O. The van der Waals surface area contributed by atoms with Crippen molar-refractivity contribution in [3.63, 3.8) is 0 Å². The quantitative estimate of drug-likeness (QED) is 0.620. The Kier molecular flexibility index (Phi) is 7.51. The fraction of sp³-hybridized carbons (Fsp3) is 0.400. The van der Waals surface area contributed by atoms with E-state index in [-0.39, 0.29) is 25.0 Å². The number of nitrogens with one attached hydrogen (secondary N) is 1. The summed E-state index contributed by atoms with van der Waals surface area (Å²) in [7, 11) is 0. The molecule has 2 atom stereocenters. The first kappa shape index (κ1) is 23.3. The molecule has 170 valence electrons. The van der Waals surface area contributed by atoms with Gasteiger partial charge in [0.25, 0.3) is 0 Å². The average molecular weight is 439 g/mol. The maximum Gasteiger partial charge on any atom is 0.407 e. The number of rotatable bonds is 9. The van der Waals surface area contributed by atoms with E-state index in [1.54, 1.807) is 6.92 Å². The van der Waals surface area contributed by atoms with Crippen molar-refractivity contribution >= 4 is 18.0 Å². The van der Waals surface area contributed by atoms with E-state index in [4.69, 9.17) is 9.84 Å². The summed E-state index contributed by atoms with van der Waals surface area (Å²) in [5.74, 6) is -1.77. The van der Waals surface area contributed by atoms with Crippen LogP contribution in [0.2, 0.25) is 0 Å². The number of aliphatic carboxylic acids is 1. The van der Waals surface area contributed by atoms with E-state index in [1.807, 2.05) is 50.2 Å². The number of carbonyl (C=O) groups is 3. The Morgan fingerprint density at radius 2 is 1.59 bits per heavy atom.